The second-order valence-corrected chi connectivity index (χ2v) is 8.40. The quantitative estimate of drug-likeness (QED) is 0.548. The normalized spacial score (nSPS) is 16.3. The summed E-state index contributed by atoms with van der Waals surface area (Å²) in [7, 11) is 1.64. The number of nitrogens with zero attached hydrogens (tertiary/aromatic N) is 6. The summed E-state index contributed by atoms with van der Waals surface area (Å²) in [5.74, 6) is 1.58. The fraction of sp³-hybridized carbons (Fsp3) is 0.280. The molecule has 5 rings (SSSR count). The first kappa shape index (κ1) is 21.7. The largest absolute Gasteiger partial charge is 0.497 e. The van der Waals surface area contributed by atoms with E-state index in [0.717, 1.165) is 30.2 Å². The molecule has 2 aromatic heterocycles. The average Bonchev–Trinajstić information content (AvgIpc) is 3.61. The van der Waals surface area contributed by atoms with Gasteiger partial charge in [-0.3, -0.25) is 19.4 Å². The number of benzene rings is 1. The molecule has 0 radical (unpaired) electrons. The molecule has 1 saturated heterocycles. The van der Waals surface area contributed by atoms with Crippen molar-refractivity contribution < 1.29 is 9.53 Å². The number of aromatic nitrogens is 3. The summed E-state index contributed by atoms with van der Waals surface area (Å²) in [6.45, 7) is 2.98. The van der Waals surface area contributed by atoms with E-state index in [1.807, 2.05) is 42.6 Å². The fourth-order valence-electron chi connectivity index (χ4n) is 4.18. The van der Waals surface area contributed by atoms with Gasteiger partial charge in [0.1, 0.15) is 11.6 Å². The monoisotopic (exact) mass is 457 g/mol. The molecule has 174 valence electrons. The number of nitrogens with two attached hydrogens (primary N) is 1. The minimum absolute atomic E-state index is 0.188. The lowest BCUT2D eigenvalue weighted by Gasteiger charge is -2.15. The van der Waals surface area contributed by atoms with Crippen LogP contribution in [-0.2, 0) is 11.3 Å². The Morgan fingerprint density at radius 2 is 1.91 bits per heavy atom. The summed E-state index contributed by atoms with van der Waals surface area (Å²) >= 11 is 0. The minimum atomic E-state index is -0.188. The Morgan fingerprint density at radius 1 is 1.12 bits per heavy atom. The zero-order valence-corrected chi connectivity index (χ0v) is 19.1. The molecule has 0 aliphatic carbocycles. The predicted octanol–water partition coefficient (Wildman–Crippen LogP) is 2.90. The summed E-state index contributed by atoms with van der Waals surface area (Å²) in [5, 5.41) is 4.40. The zero-order valence-electron chi connectivity index (χ0n) is 19.1. The smallest absolute Gasteiger partial charge is 0.262 e. The number of hydrogen-bond donors (Lipinski definition) is 1. The van der Waals surface area contributed by atoms with Crippen molar-refractivity contribution in [3.63, 3.8) is 0 Å². The maximum absolute atomic E-state index is 13.0. The molecule has 0 unspecified atom stereocenters. The highest BCUT2D eigenvalue weighted by atomic mass is 16.5. The lowest BCUT2D eigenvalue weighted by atomic mass is 10.2. The molecule has 0 spiro atoms. The number of methoxy groups -OCH3 is 1. The molecule has 0 saturated carbocycles. The molecule has 1 aromatic carbocycles. The van der Waals surface area contributed by atoms with Crippen LogP contribution in [0.3, 0.4) is 0 Å². The van der Waals surface area contributed by atoms with Crippen LogP contribution in [0.2, 0.25) is 0 Å². The van der Waals surface area contributed by atoms with Crippen molar-refractivity contribution in [2.45, 2.75) is 19.4 Å². The molecule has 0 bridgehead atoms. The van der Waals surface area contributed by atoms with Crippen LogP contribution in [0.15, 0.2) is 71.3 Å². The van der Waals surface area contributed by atoms with E-state index in [9.17, 15) is 4.79 Å². The molecule has 2 aliphatic heterocycles. The third kappa shape index (κ3) is 4.50. The van der Waals surface area contributed by atoms with Gasteiger partial charge in [-0.05, 0) is 42.7 Å². The Labute approximate surface area is 198 Å². The van der Waals surface area contributed by atoms with Crippen LogP contribution in [0.1, 0.15) is 18.4 Å². The van der Waals surface area contributed by atoms with Gasteiger partial charge in [0.05, 0.1) is 49.5 Å². The number of rotatable bonds is 7. The van der Waals surface area contributed by atoms with E-state index in [1.165, 1.54) is 19.1 Å². The molecule has 9 heteroatoms. The molecule has 0 atom stereocenters. The number of amides is 1. The Hall–Kier alpha value is -4.14. The van der Waals surface area contributed by atoms with Crippen LogP contribution in [0, 0.1) is 0 Å². The number of carbonyl (C=O) groups excluding carboxylic acids is 1. The van der Waals surface area contributed by atoms with Crippen molar-refractivity contribution in [1.29, 1.82) is 0 Å². The third-order valence-electron chi connectivity index (χ3n) is 6.09. The van der Waals surface area contributed by atoms with Gasteiger partial charge in [-0.1, -0.05) is 12.1 Å². The first-order valence-electron chi connectivity index (χ1n) is 11.3. The highest BCUT2D eigenvalue weighted by molar-refractivity contribution is 6.22. The first-order chi connectivity index (χ1) is 16.6. The van der Waals surface area contributed by atoms with Crippen molar-refractivity contribution in [3.8, 4) is 5.75 Å². The molecule has 2 aliphatic rings. The molecule has 34 heavy (non-hydrogen) atoms. The van der Waals surface area contributed by atoms with E-state index in [0.29, 0.717) is 35.7 Å². The van der Waals surface area contributed by atoms with E-state index in [1.54, 1.807) is 29.1 Å². The summed E-state index contributed by atoms with van der Waals surface area (Å²) in [6, 6.07) is 11.7. The van der Waals surface area contributed by atoms with Gasteiger partial charge in [0.15, 0.2) is 0 Å². The van der Waals surface area contributed by atoms with Crippen molar-refractivity contribution in [1.82, 2.24) is 14.8 Å². The van der Waals surface area contributed by atoms with Crippen LogP contribution >= 0.6 is 0 Å². The zero-order chi connectivity index (χ0) is 23.5. The molecular weight excluding hydrogens is 430 g/mol. The highest BCUT2D eigenvalue weighted by Gasteiger charge is 2.30. The lowest BCUT2D eigenvalue weighted by molar-refractivity contribution is -0.114. The van der Waals surface area contributed by atoms with Gasteiger partial charge in [0.25, 0.3) is 5.91 Å². The lowest BCUT2D eigenvalue weighted by Crippen LogP contribution is -2.27. The van der Waals surface area contributed by atoms with Crippen molar-refractivity contribution in [3.05, 3.63) is 71.8 Å². The number of anilines is 2. The summed E-state index contributed by atoms with van der Waals surface area (Å²) in [5.41, 5.74) is 9.53. The van der Waals surface area contributed by atoms with Gasteiger partial charge in [-0.2, -0.15) is 5.10 Å². The second-order valence-electron chi connectivity index (χ2n) is 8.40. The Kier molecular flexibility index (Phi) is 5.99. The van der Waals surface area contributed by atoms with Crippen molar-refractivity contribution in [2.24, 2.45) is 10.7 Å². The number of hydrogen-bond acceptors (Lipinski definition) is 7. The van der Waals surface area contributed by atoms with Gasteiger partial charge in [-0.15, -0.1) is 0 Å². The molecule has 9 nitrogen and oxygen atoms in total. The van der Waals surface area contributed by atoms with Gasteiger partial charge in [0, 0.05) is 31.2 Å². The van der Waals surface area contributed by atoms with Crippen LogP contribution < -0.4 is 20.3 Å². The predicted molar refractivity (Wildman–Crippen MR) is 132 cm³/mol. The first-order valence-corrected chi connectivity index (χ1v) is 11.3. The number of carbonyl (C=O) groups is 1. The van der Waals surface area contributed by atoms with Crippen molar-refractivity contribution >= 4 is 29.3 Å². The number of aliphatic imine (C=N–C) groups is 1. The summed E-state index contributed by atoms with van der Waals surface area (Å²) < 4.78 is 6.99. The molecular formula is C25H27N7O2. The van der Waals surface area contributed by atoms with Gasteiger partial charge >= 0.3 is 0 Å². The molecule has 4 heterocycles. The molecule has 2 N–H and O–H groups in total. The standard InChI is InChI=1S/C25H27N7O2/c1-34-21-7-4-18(5-8-21)15-31-16-20(13-29-31)32-17-23(26)22(25(32)33)14-27-19-6-9-24(28-12-19)30-10-2-3-11-30/h4-9,12-14,16H,2-3,10-11,15,17,26H2,1H3. The number of pyridine rings is 1. The van der Waals surface area contributed by atoms with Gasteiger partial charge < -0.3 is 15.4 Å². The Bertz CT molecular complexity index is 1220. The van der Waals surface area contributed by atoms with E-state index >= 15 is 0 Å². The molecule has 1 amide bonds. The van der Waals surface area contributed by atoms with Gasteiger partial charge in [0.2, 0.25) is 0 Å². The van der Waals surface area contributed by atoms with Crippen LogP contribution in [0.25, 0.3) is 0 Å². The Morgan fingerprint density at radius 3 is 2.62 bits per heavy atom. The van der Waals surface area contributed by atoms with Crippen molar-refractivity contribution in [2.75, 3.05) is 36.5 Å². The maximum atomic E-state index is 13.0. The fourth-order valence-corrected chi connectivity index (χ4v) is 4.18. The average molecular weight is 458 g/mol. The minimum Gasteiger partial charge on any atom is -0.497 e. The van der Waals surface area contributed by atoms with E-state index in [2.05, 4.69) is 20.0 Å². The maximum Gasteiger partial charge on any atom is 0.262 e. The van der Waals surface area contributed by atoms with Crippen LogP contribution in [0.4, 0.5) is 17.2 Å². The van der Waals surface area contributed by atoms with Crippen LogP contribution in [0.5, 0.6) is 5.75 Å². The third-order valence-corrected chi connectivity index (χ3v) is 6.09. The topological polar surface area (TPSA) is 102 Å². The SMILES string of the molecule is COc1ccc(Cn2cc(N3CC(N)=C(C=Nc4ccc(N5CCCC5)nc4)C3=O)cn2)cc1. The Balaban J connectivity index is 1.24. The van der Waals surface area contributed by atoms with Crippen LogP contribution in [-0.4, -0.2) is 53.6 Å². The van der Waals surface area contributed by atoms with Gasteiger partial charge in [-0.25, -0.2) is 4.98 Å². The second kappa shape index (κ2) is 9.38. The molecule has 1 fully saturated rings. The number of ether oxygens (including phenoxy) is 1. The van der Waals surface area contributed by atoms with E-state index < -0.39 is 0 Å². The summed E-state index contributed by atoms with van der Waals surface area (Å²) in [6.07, 6.45) is 9.18. The highest BCUT2D eigenvalue weighted by Crippen LogP contribution is 2.24. The van der Waals surface area contributed by atoms with E-state index in [4.69, 9.17) is 10.5 Å². The summed E-state index contributed by atoms with van der Waals surface area (Å²) in [4.78, 5) is 25.8. The van der Waals surface area contributed by atoms with E-state index in [-0.39, 0.29) is 5.91 Å². The molecule has 3 aromatic rings.